The molecule has 0 aromatic heterocycles. The zero-order chi connectivity index (χ0) is 18.6. The van der Waals surface area contributed by atoms with E-state index >= 15 is 0 Å². The van der Waals surface area contributed by atoms with Gasteiger partial charge in [-0.05, 0) is 56.1 Å². The van der Waals surface area contributed by atoms with E-state index in [1.807, 2.05) is 26.0 Å². The Morgan fingerprint density at radius 2 is 1.92 bits per heavy atom. The van der Waals surface area contributed by atoms with Crippen LogP contribution in [0.15, 0.2) is 18.2 Å². The van der Waals surface area contributed by atoms with Crippen molar-refractivity contribution in [2.24, 2.45) is 17.8 Å². The van der Waals surface area contributed by atoms with Gasteiger partial charge in [0, 0.05) is 0 Å². The highest BCUT2D eigenvalue weighted by Gasteiger charge is 2.33. The van der Waals surface area contributed by atoms with Gasteiger partial charge in [-0.15, -0.1) is 0 Å². The van der Waals surface area contributed by atoms with E-state index < -0.39 is 11.9 Å². The van der Waals surface area contributed by atoms with Crippen molar-refractivity contribution in [2.45, 2.75) is 60.0 Å². The van der Waals surface area contributed by atoms with Crippen molar-refractivity contribution in [3.63, 3.8) is 0 Å². The van der Waals surface area contributed by atoms with Gasteiger partial charge in [-0.3, -0.25) is 0 Å². The van der Waals surface area contributed by atoms with E-state index in [9.17, 15) is 9.59 Å². The highest BCUT2D eigenvalue weighted by atomic mass is 16.6. The molecule has 0 saturated heterocycles. The second-order valence-corrected chi connectivity index (χ2v) is 7.75. The number of carbonyl (C=O) groups is 2. The molecule has 4 heteroatoms. The Labute approximate surface area is 150 Å². The van der Waals surface area contributed by atoms with Crippen LogP contribution in [0.25, 0.3) is 0 Å². The molecule has 25 heavy (non-hydrogen) atoms. The van der Waals surface area contributed by atoms with E-state index in [0.717, 1.165) is 24.0 Å². The summed E-state index contributed by atoms with van der Waals surface area (Å²) in [5.74, 6) is 0.485. The molecule has 0 N–H and O–H groups in total. The van der Waals surface area contributed by atoms with Gasteiger partial charge in [-0.25, -0.2) is 9.59 Å². The maximum absolute atomic E-state index is 12.2. The molecule has 0 radical (unpaired) electrons. The summed E-state index contributed by atoms with van der Waals surface area (Å²) in [6.45, 7) is 10.0. The molecular formula is C21H30O4. The highest BCUT2D eigenvalue weighted by Crippen LogP contribution is 2.35. The maximum atomic E-state index is 12.2. The topological polar surface area (TPSA) is 52.6 Å². The molecule has 4 nitrogen and oxygen atoms in total. The van der Waals surface area contributed by atoms with Crippen molar-refractivity contribution < 1.29 is 19.1 Å². The predicted octanol–water partition coefficient (Wildman–Crippen LogP) is 4.46. The first-order chi connectivity index (χ1) is 11.8. The number of ether oxygens (including phenoxy) is 2. The second-order valence-electron chi connectivity index (χ2n) is 7.75. The van der Waals surface area contributed by atoms with E-state index in [0.29, 0.717) is 23.3 Å². The predicted molar refractivity (Wildman–Crippen MR) is 97.4 cm³/mol. The standard InChI is InChI=1S/C21H30O4/c1-13(2)17-8-6-15(4)11-19(17)25-20(22)12-24-21(23)18-9-7-14(3)10-16(18)5/h7,9-10,13,15,17,19H,6,8,11-12H2,1-5H3/t15-,17+,19-/m1/s1. The molecule has 1 saturated carbocycles. The quantitative estimate of drug-likeness (QED) is 0.739. The van der Waals surface area contributed by atoms with E-state index in [2.05, 4.69) is 20.8 Å². The Hall–Kier alpha value is -1.84. The first-order valence-electron chi connectivity index (χ1n) is 9.21. The molecule has 0 amide bonds. The molecule has 0 aliphatic heterocycles. The summed E-state index contributed by atoms with van der Waals surface area (Å²) in [5.41, 5.74) is 2.42. The van der Waals surface area contributed by atoms with E-state index in [1.54, 1.807) is 6.07 Å². The lowest BCUT2D eigenvalue weighted by Crippen LogP contribution is -2.36. The summed E-state index contributed by atoms with van der Waals surface area (Å²) in [7, 11) is 0. The van der Waals surface area contributed by atoms with Crippen LogP contribution >= 0.6 is 0 Å². The molecule has 0 unspecified atom stereocenters. The van der Waals surface area contributed by atoms with Crippen molar-refractivity contribution in [3.05, 3.63) is 34.9 Å². The van der Waals surface area contributed by atoms with Crippen molar-refractivity contribution >= 4 is 11.9 Å². The van der Waals surface area contributed by atoms with Crippen LogP contribution in [0.4, 0.5) is 0 Å². The molecule has 1 aromatic rings. The monoisotopic (exact) mass is 346 g/mol. The summed E-state index contributed by atoms with van der Waals surface area (Å²) in [6.07, 6.45) is 3.08. The van der Waals surface area contributed by atoms with Gasteiger partial charge >= 0.3 is 11.9 Å². The number of aryl methyl sites for hydroxylation is 2. The molecule has 1 aromatic carbocycles. The van der Waals surface area contributed by atoms with E-state index in [-0.39, 0.29) is 12.7 Å². The molecule has 0 spiro atoms. The van der Waals surface area contributed by atoms with Crippen LogP contribution in [0.3, 0.4) is 0 Å². The number of hydrogen-bond acceptors (Lipinski definition) is 4. The van der Waals surface area contributed by atoms with Gasteiger partial charge in [0.2, 0.25) is 0 Å². The summed E-state index contributed by atoms with van der Waals surface area (Å²) >= 11 is 0. The number of carbonyl (C=O) groups excluding carboxylic acids is 2. The summed E-state index contributed by atoms with van der Waals surface area (Å²) in [6, 6.07) is 5.51. The fourth-order valence-electron chi connectivity index (χ4n) is 3.70. The molecule has 1 fully saturated rings. The number of hydrogen-bond donors (Lipinski definition) is 0. The van der Waals surface area contributed by atoms with Gasteiger partial charge in [0.25, 0.3) is 0 Å². The molecule has 138 valence electrons. The van der Waals surface area contributed by atoms with Crippen LogP contribution in [-0.4, -0.2) is 24.6 Å². The first-order valence-corrected chi connectivity index (χ1v) is 9.21. The van der Waals surface area contributed by atoms with Gasteiger partial charge in [-0.1, -0.05) is 44.9 Å². The largest absolute Gasteiger partial charge is 0.460 e. The highest BCUT2D eigenvalue weighted by molar-refractivity contribution is 5.92. The zero-order valence-electron chi connectivity index (χ0n) is 16.0. The van der Waals surface area contributed by atoms with E-state index in [1.165, 1.54) is 6.42 Å². The molecule has 3 atom stereocenters. The van der Waals surface area contributed by atoms with Crippen LogP contribution in [0.2, 0.25) is 0 Å². The van der Waals surface area contributed by atoms with Gasteiger partial charge in [0.1, 0.15) is 6.10 Å². The third-order valence-corrected chi connectivity index (χ3v) is 5.17. The van der Waals surface area contributed by atoms with Crippen molar-refractivity contribution in [1.82, 2.24) is 0 Å². The molecule has 2 rings (SSSR count). The molecule has 0 heterocycles. The fraction of sp³-hybridized carbons (Fsp3) is 0.619. The van der Waals surface area contributed by atoms with Gasteiger partial charge < -0.3 is 9.47 Å². The Morgan fingerprint density at radius 3 is 2.56 bits per heavy atom. The molecule has 1 aliphatic carbocycles. The van der Waals surface area contributed by atoms with Crippen molar-refractivity contribution in [1.29, 1.82) is 0 Å². The van der Waals surface area contributed by atoms with Crippen LogP contribution < -0.4 is 0 Å². The van der Waals surface area contributed by atoms with Crippen LogP contribution in [-0.2, 0) is 14.3 Å². The molecular weight excluding hydrogens is 316 g/mol. The van der Waals surface area contributed by atoms with Crippen molar-refractivity contribution in [2.75, 3.05) is 6.61 Å². The summed E-state index contributed by atoms with van der Waals surface area (Å²) < 4.78 is 10.8. The summed E-state index contributed by atoms with van der Waals surface area (Å²) in [4.78, 5) is 24.3. The Balaban J connectivity index is 1.90. The molecule has 0 bridgehead atoms. The minimum atomic E-state index is -0.480. The SMILES string of the molecule is Cc1ccc(C(=O)OCC(=O)O[C@@H]2C[C@H](C)CC[C@H]2C(C)C)c(C)c1. The van der Waals surface area contributed by atoms with Crippen LogP contribution in [0.1, 0.15) is 61.5 Å². The third-order valence-electron chi connectivity index (χ3n) is 5.17. The Kier molecular flexibility index (Phi) is 6.63. The smallest absolute Gasteiger partial charge is 0.344 e. The second kappa shape index (κ2) is 8.50. The fourth-order valence-corrected chi connectivity index (χ4v) is 3.70. The lowest BCUT2D eigenvalue weighted by atomic mass is 9.75. The Bertz CT molecular complexity index is 620. The van der Waals surface area contributed by atoms with Gasteiger partial charge in [-0.2, -0.15) is 0 Å². The number of esters is 2. The minimum Gasteiger partial charge on any atom is -0.460 e. The number of rotatable bonds is 5. The van der Waals surface area contributed by atoms with Gasteiger partial charge in [0.05, 0.1) is 5.56 Å². The van der Waals surface area contributed by atoms with Crippen LogP contribution in [0.5, 0.6) is 0 Å². The third kappa shape index (κ3) is 5.32. The Morgan fingerprint density at radius 1 is 1.20 bits per heavy atom. The minimum absolute atomic E-state index is 0.0731. The summed E-state index contributed by atoms with van der Waals surface area (Å²) in [5, 5.41) is 0. The first kappa shape index (κ1) is 19.5. The average Bonchev–Trinajstić information content (AvgIpc) is 2.52. The molecule has 1 aliphatic rings. The normalized spacial score (nSPS) is 23.4. The van der Waals surface area contributed by atoms with Crippen molar-refractivity contribution in [3.8, 4) is 0 Å². The zero-order valence-corrected chi connectivity index (χ0v) is 16.0. The average molecular weight is 346 g/mol. The lowest BCUT2D eigenvalue weighted by Gasteiger charge is -2.36. The van der Waals surface area contributed by atoms with Crippen LogP contribution in [0, 0.1) is 31.6 Å². The maximum Gasteiger partial charge on any atom is 0.344 e. The number of benzene rings is 1. The van der Waals surface area contributed by atoms with E-state index in [4.69, 9.17) is 9.47 Å². The lowest BCUT2D eigenvalue weighted by molar-refractivity contribution is -0.159. The van der Waals surface area contributed by atoms with Gasteiger partial charge in [0.15, 0.2) is 6.61 Å².